The average Bonchev–Trinajstić information content (AvgIpc) is 3.08. The first-order valence-electron chi connectivity index (χ1n) is 22.2. The van der Waals surface area contributed by atoms with Gasteiger partial charge in [-0.15, -0.1) is 0 Å². The summed E-state index contributed by atoms with van der Waals surface area (Å²) in [6.07, 6.45) is 47.9. The zero-order valence-corrected chi connectivity index (χ0v) is 33.3. The Morgan fingerprint density at radius 2 is 0.426 bits per heavy atom. The molecule has 284 valence electrons. The maximum Gasteiger partial charge on any atom is 0.282 e. The Kier molecular flexibility index (Phi) is 40.2. The molecule has 0 saturated heterocycles. The molecule has 0 bridgehead atoms. The van der Waals surface area contributed by atoms with Gasteiger partial charge in [-0.05, 0) is 25.7 Å². The molecular weight excluding hydrogens is 576 g/mol. The zero-order valence-electron chi connectivity index (χ0n) is 33.3. The van der Waals surface area contributed by atoms with Crippen molar-refractivity contribution in [3.05, 3.63) is 0 Å². The fourth-order valence-corrected chi connectivity index (χ4v) is 6.72. The summed E-state index contributed by atoms with van der Waals surface area (Å²) in [6, 6.07) is 0. The molecule has 0 aliphatic rings. The average molecular weight is 667 g/mol. The van der Waals surface area contributed by atoms with E-state index in [1.807, 2.05) is 0 Å². The van der Waals surface area contributed by atoms with Gasteiger partial charge in [0.15, 0.2) is 0 Å². The Morgan fingerprint density at radius 1 is 0.234 bits per heavy atom. The standard InChI is InChI=1S/C44H90O3/c1-5-9-13-16-19-22-25-28-31-34-37-41-45-44(40-12-8-4,46-42-38-35-32-29-26-23-20-17-14-10-6-2)47-43-39-36-33-30-27-24-21-18-15-11-7-3/h5-43H2,1-4H3. The highest BCUT2D eigenvalue weighted by Crippen LogP contribution is 2.26. The molecule has 0 aromatic heterocycles. The van der Waals surface area contributed by atoms with E-state index in [4.69, 9.17) is 14.2 Å². The van der Waals surface area contributed by atoms with Crippen molar-refractivity contribution < 1.29 is 14.2 Å². The first-order chi connectivity index (χ1) is 23.2. The molecule has 0 unspecified atom stereocenters. The molecule has 0 heterocycles. The van der Waals surface area contributed by atoms with Gasteiger partial charge in [-0.3, -0.25) is 0 Å². The number of hydrogen-bond acceptors (Lipinski definition) is 3. The summed E-state index contributed by atoms with van der Waals surface area (Å²) in [6.45, 7) is 11.4. The molecule has 0 aliphatic carbocycles. The summed E-state index contributed by atoms with van der Waals surface area (Å²) in [5.74, 6) is -0.828. The number of unbranched alkanes of at least 4 members (excludes halogenated alkanes) is 31. The fraction of sp³-hybridized carbons (Fsp3) is 1.00. The summed E-state index contributed by atoms with van der Waals surface area (Å²) in [5, 5.41) is 0. The molecule has 0 spiro atoms. The van der Waals surface area contributed by atoms with E-state index in [9.17, 15) is 0 Å². The zero-order chi connectivity index (χ0) is 34.2. The Labute approximate surface area is 298 Å². The highest BCUT2D eigenvalue weighted by Gasteiger charge is 2.32. The summed E-state index contributed by atoms with van der Waals surface area (Å²) in [7, 11) is 0. The first kappa shape index (κ1) is 46.9. The van der Waals surface area contributed by atoms with Crippen LogP contribution < -0.4 is 0 Å². The molecule has 0 fully saturated rings. The molecule has 0 atom stereocenters. The van der Waals surface area contributed by atoms with Gasteiger partial charge in [0.25, 0.3) is 5.97 Å². The van der Waals surface area contributed by atoms with E-state index in [0.29, 0.717) is 0 Å². The molecule has 0 saturated carbocycles. The lowest BCUT2D eigenvalue weighted by molar-refractivity contribution is -0.384. The summed E-state index contributed by atoms with van der Waals surface area (Å²) in [5.41, 5.74) is 0. The van der Waals surface area contributed by atoms with Crippen LogP contribution in [-0.4, -0.2) is 25.8 Å². The molecular formula is C44H90O3. The van der Waals surface area contributed by atoms with E-state index in [1.54, 1.807) is 0 Å². The van der Waals surface area contributed by atoms with Crippen molar-refractivity contribution in [2.24, 2.45) is 0 Å². The molecule has 0 aromatic carbocycles. The van der Waals surface area contributed by atoms with Crippen molar-refractivity contribution in [3.8, 4) is 0 Å². The van der Waals surface area contributed by atoms with Gasteiger partial charge in [0.2, 0.25) is 0 Å². The van der Waals surface area contributed by atoms with E-state index < -0.39 is 5.97 Å². The molecule has 0 N–H and O–H groups in total. The quantitative estimate of drug-likeness (QED) is 0.0479. The minimum atomic E-state index is -0.828. The minimum absolute atomic E-state index is 0.761. The Balaban J connectivity index is 4.45. The maximum atomic E-state index is 6.57. The van der Waals surface area contributed by atoms with E-state index in [-0.39, 0.29) is 0 Å². The van der Waals surface area contributed by atoms with E-state index in [0.717, 1.165) is 58.3 Å². The Bertz CT molecular complexity index is 481. The van der Waals surface area contributed by atoms with Crippen molar-refractivity contribution in [2.75, 3.05) is 19.8 Å². The lowest BCUT2D eigenvalue weighted by Gasteiger charge is -2.34. The Hall–Kier alpha value is -0.120. The van der Waals surface area contributed by atoms with E-state index in [1.165, 1.54) is 193 Å². The van der Waals surface area contributed by atoms with Crippen LogP contribution in [0.2, 0.25) is 0 Å². The highest BCUT2D eigenvalue weighted by molar-refractivity contribution is 4.61. The molecule has 0 amide bonds. The van der Waals surface area contributed by atoms with Crippen LogP contribution in [0.15, 0.2) is 0 Å². The number of hydrogen-bond donors (Lipinski definition) is 0. The summed E-state index contributed by atoms with van der Waals surface area (Å²) < 4.78 is 19.7. The molecule has 47 heavy (non-hydrogen) atoms. The molecule has 0 aliphatic heterocycles. The van der Waals surface area contributed by atoms with Gasteiger partial charge in [0.1, 0.15) is 0 Å². The summed E-state index contributed by atoms with van der Waals surface area (Å²) in [4.78, 5) is 0. The monoisotopic (exact) mass is 667 g/mol. The molecule has 0 aromatic rings. The third-order valence-electron chi connectivity index (χ3n) is 10.0. The van der Waals surface area contributed by atoms with Crippen molar-refractivity contribution in [3.63, 3.8) is 0 Å². The summed E-state index contributed by atoms with van der Waals surface area (Å²) >= 11 is 0. The Morgan fingerprint density at radius 3 is 0.638 bits per heavy atom. The molecule has 0 rings (SSSR count). The van der Waals surface area contributed by atoms with Crippen LogP contribution >= 0.6 is 0 Å². The second-order valence-corrected chi connectivity index (χ2v) is 14.9. The largest absolute Gasteiger partial charge is 0.327 e. The minimum Gasteiger partial charge on any atom is -0.327 e. The smallest absolute Gasteiger partial charge is 0.282 e. The lowest BCUT2D eigenvalue weighted by Crippen LogP contribution is -2.40. The predicted octanol–water partition coefficient (Wildman–Crippen LogP) is 15.8. The van der Waals surface area contributed by atoms with Gasteiger partial charge in [-0.2, -0.15) is 0 Å². The normalized spacial score (nSPS) is 12.0. The van der Waals surface area contributed by atoms with Gasteiger partial charge in [0, 0.05) is 6.42 Å². The van der Waals surface area contributed by atoms with Gasteiger partial charge in [0.05, 0.1) is 19.8 Å². The van der Waals surface area contributed by atoms with Crippen LogP contribution in [0.4, 0.5) is 0 Å². The van der Waals surface area contributed by atoms with Crippen LogP contribution in [0.25, 0.3) is 0 Å². The van der Waals surface area contributed by atoms with E-state index >= 15 is 0 Å². The SMILES string of the molecule is CCCCCCCCCCCCCOC(CCCC)(OCCCCCCCCCCCCC)OCCCCCCCCCCCCC. The van der Waals surface area contributed by atoms with Gasteiger partial charge in [-0.25, -0.2) is 0 Å². The predicted molar refractivity (Wildman–Crippen MR) is 209 cm³/mol. The van der Waals surface area contributed by atoms with Crippen LogP contribution in [-0.2, 0) is 14.2 Å². The first-order valence-corrected chi connectivity index (χ1v) is 22.2. The van der Waals surface area contributed by atoms with Gasteiger partial charge in [-0.1, -0.05) is 227 Å². The van der Waals surface area contributed by atoms with E-state index in [2.05, 4.69) is 27.7 Å². The topological polar surface area (TPSA) is 27.7 Å². The van der Waals surface area contributed by atoms with Gasteiger partial charge >= 0.3 is 0 Å². The van der Waals surface area contributed by atoms with Gasteiger partial charge < -0.3 is 14.2 Å². The van der Waals surface area contributed by atoms with Crippen LogP contribution in [0.1, 0.15) is 259 Å². The van der Waals surface area contributed by atoms with Crippen molar-refractivity contribution in [1.29, 1.82) is 0 Å². The second-order valence-electron chi connectivity index (χ2n) is 14.9. The fourth-order valence-electron chi connectivity index (χ4n) is 6.72. The lowest BCUT2D eigenvalue weighted by atomic mass is 10.1. The molecule has 0 radical (unpaired) electrons. The van der Waals surface area contributed by atoms with Crippen molar-refractivity contribution >= 4 is 0 Å². The second kappa shape index (κ2) is 40.3. The highest BCUT2D eigenvalue weighted by atomic mass is 16.9. The third-order valence-corrected chi connectivity index (χ3v) is 10.0. The van der Waals surface area contributed by atoms with Crippen LogP contribution in [0, 0.1) is 0 Å². The van der Waals surface area contributed by atoms with Crippen molar-refractivity contribution in [2.45, 2.75) is 265 Å². The van der Waals surface area contributed by atoms with Crippen molar-refractivity contribution in [1.82, 2.24) is 0 Å². The third kappa shape index (κ3) is 35.5. The maximum absolute atomic E-state index is 6.57. The van der Waals surface area contributed by atoms with Crippen LogP contribution in [0.3, 0.4) is 0 Å². The molecule has 3 heteroatoms. The molecule has 3 nitrogen and oxygen atoms in total. The number of rotatable bonds is 42. The van der Waals surface area contributed by atoms with Crippen LogP contribution in [0.5, 0.6) is 0 Å². The number of ether oxygens (including phenoxy) is 3.